The van der Waals surface area contributed by atoms with Crippen LogP contribution in [0.5, 0.6) is 0 Å². The molecule has 3 heteroatoms. The van der Waals surface area contributed by atoms with E-state index >= 15 is 0 Å². The Morgan fingerprint density at radius 3 is 2.25 bits per heavy atom. The topological polar surface area (TPSA) is 29.5 Å². The first kappa shape index (κ1) is 12.7. The second kappa shape index (κ2) is 5.12. The molecule has 0 saturated carbocycles. The summed E-state index contributed by atoms with van der Waals surface area (Å²) in [7, 11) is 5.22. The summed E-state index contributed by atoms with van der Waals surface area (Å²) in [5.74, 6) is -0.216. The highest BCUT2D eigenvalue weighted by Gasteiger charge is 2.41. The molecule has 1 aromatic rings. The van der Waals surface area contributed by atoms with Crippen molar-refractivity contribution in [3.05, 3.63) is 35.9 Å². The van der Waals surface area contributed by atoms with Crippen molar-refractivity contribution in [3.8, 4) is 0 Å². The molecule has 0 aliphatic rings. The molecule has 0 fully saturated rings. The Morgan fingerprint density at radius 1 is 1.31 bits per heavy atom. The van der Waals surface area contributed by atoms with Gasteiger partial charge in [-0.2, -0.15) is 0 Å². The van der Waals surface area contributed by atoms with Gasteiger partial charge in [0.05, 0.1) is 7.11 Å². The van der Waals surface area contributed by atoms with Crippen LogP contribution in [0, 0.1) is 0 Å². The third-order valence-corrected chi connectivity index (χ3v) is 3.05. The smallest absolute Gasteiger partial charge is 0.330 e. The van der Waals surface area contributed by atoms with Gasteiger partial charge >= 0.3 is 5.97 Å². The first-order valence-corrected chi connectivity index (χ1v) is 5.41. The van der Waals surface area contributed by atoms with E-state index in [1.54, 1.807) is 0 Å². The van der Waals surface area contributed by atoms with Gasteiger partial charge in [-0.1, -0.05) is 37.3 Å². The molecule has 0 aliphatic heterocycles. The Hall–Kier alpha value is -1.35. The maximum atomic E-state index is 12.0. The molecule has 0 amide bonds. The highest BCUT2D eigenvalue weighted by molar-refractivity contribution is 5.82. The van der Waals surface area contributed by atoms with Crippen molar-refractivity contribution in [1.29, 1.82) is 0 Å². The van der Waals surface area contributed by atoms with Crippen LogP contribution in [0.25, 0.3) is 0 Å². The lowest BCUT2D eigenvalue weighted by molar-refractivity contribution is -0.154. The van der Waals surface area contributed by atoms with E-state index in [1.807, 2.05) is 56.3 Å². The van der Waals surface area contributed by atoms with Crippen LogP contribution < -0.4 is 0 Å². The highest BCUT2D eigenvalue weighted by atomic mass is 16.5. The summed E-state index contributed by atoms with van der Waals surface area (Å²) in [5.41, 5.74) is 0.282. The SMILES string of the molecule is CCC(C(=O)OC)(c1ccccc1)N(C)C. The molecule has 16 heavy (non-hydrogen) atoms. The summed E-state index contributed by atoms with van der Waals surface area (Å²) in [6, 6.07) is 9.73. The van der Waals surface area contributed by atoms with Crippen molar-refractivity contribution in [1.82, 2.24) is 4.90 Å². The summed E-state index contributed by atoms with van der Waals surface area (Å²) in [6.07, 6.45) is 0.677. The lowest BCUT2D eigenvalue weighted by atomic mass is 9.86. The third-order valence-electron chi connectivity index (χ3n) is 3.05. The molecule has 0 bridgehead atoms. The zero-order valence-electron chi connectivity index (χ0n) is 10.4. The molecule has 88 valence electrons. The fraction of sp³-hybridized carbons (Fsp3) is 0.462. The lowest BCUT2D eigenvalue weighted by Gasteiger charge is -2.36. The molecule has 1 atom stereocenters. The number of carbonyl (C=O) groups excluding carboxylic acids is 1. The van der Waals surface area contributed by atoms with Crippen LogP contribution in [-0.4, -0.2) is 32.1 Å². The molecule has 0 radical (unpaired) electrons. The van der Waals surface area contributed by atoms with E-state index in [9.17, 15) is 4.79 Å². The standard InChI is InChI=1S/C13H19NO2/c1-5-13(14(2)3,12(15)16-4)11-9-7-6-8-10-11/h6-10H,5H2,1-4H3. The van der Waals surface area contributed by atoms with E-state index in [0.717, 1.165) is 5.56 Å². The number of likely N-dealkylation sites (N-methyl/N-ethyl adjacent to an activating group) is 1. The van der Waals surface area contributed by atoms with E-state index in [4.69, 9.17) is 4.74 Å². The molecule has 0 saturated heterocycles. The molecule has 0 heterocycles. The summed E-state index contributed by atoms with van der Waals surface area (Å²) >= 11 is 0. The number of methoxy groups -OCH3 is 1. The Bertz CT molecular complexity index is 348. The minimum absolute atomic E-state index is 0.216. The number of nitrogens with zero attached hydrogens (tertiary/aromatic N) is 1. The van der Waals surface area contributed by atoms with Gasteiger partial charge in [0, 0.05) is 0 Å². The largest absolute Gasteiger partial charge is 0.467 e. The molecule has 1 aromatic carbocycles. The van der Waals surface area contributed by atoms with Crippen LogP contribution in [-0.2, 0) is 15.1 Å². The maximum Gasteiger partial charge on any atom is 0.330 e. The minimum atomic E-state index is -0.685. The summed E-state index contributed by atoms with van der Waals surface area (Å²) < 4.78 is 4.94. The van der Waals surface area contributed by atoms with E-state index in [1.165, 1.54) is 7.11 Å². The number of hydrogen-bond donors (Lipinski definition) is 0. The van der Waals surface area contributed by atoms with Crippen LogP contribution in [0.3, 0.4) is 0 Å². The van der Waals surface area contributed by atoms with Crippen molar-refractivity contribution in [2.24, 2.45) is 0 Å². The van der Waals surface area contributed by atoms with Gasteiger partial charge in [0.2, 0.25) is 0 Å². The Morgan fingerprint density at radius 2 is 1.88 bits per heavy atom. The highest BCUT2D eigenvalue weighted by Crippen LogP contribution is 2.31. The van der Waals surface area contributed by atoms with Crippen molar-refractivity contribution in [2.75, 3.05) is 21.2 Å². The van der Waals surface area contributed by atoms with E-state index < -0.39 is 5.54 Å². The number of ether oxygens (including phenoxy) is 1. The Balaban J connectivity index is 3.29. The van der Waals surface area contributed by atoms with Gasteiger partial charge < -0.3 is 4.74 Å². The van der Waals surface area contributed by atoms with Gasteiger partial charge in [0.15, 0.2) is 0 Å². The normalized spacial score (nSPS) is 14.6. The average Bonchev–Trinajstić information content (AvgIpc) is 2.31. The summed E-state index contributed by atoms with van der Waals surface area (Å²) in [6.45, 7) is 1.99. The van der Waals surface area contributed by atoms with Crippen molar-refractivity contribution < 1.29 is 9.53 Å². The van der Waals surface area contributed by atoms with E-state index in [0.29, 0.717) is 6.42 Å². The lowest BCUT2D eigenvalue weighted by Crippen LogP contribution is -2.48. The second-order valence-corrected chi connectivity index (χ2v) is 3.97. The number of hydrogen-bond acceptors (Lipinski definition) is 3. The van der Waals surface area contributed by atoms with Crippen molar-refractivity contribution >= 4 is 5.97 Å². The number of rotatable bonds is 4. The number of esters is 1. The van der Waals surface area contributed by atoms with Crippen LogP contribution >= 0.6 is 0 Å². The first-order valence-electron chi connectivity index (χ1n) is 5.41. The molecule has 0 aliphatic carbocycles. The van der Waals surface area contributed by atoms with Crippen LogP contribution in [0.15, 0.2) is 30.3 Å². The predicted octanol–water partition coefficient (Wildman–Crippen LogP) is 2.03. The van der Waals surface area contributed by atoms with Crippen LogP contribution in [0.4, 0.5) is 0 Å². The predicted molar refractivity (Wildman–Crippen MR) is 64.1 cm³/mol. The number of benzene rings is 1. The molecular formula is C13H19NO2. The fourth-order valence-corrected chi connectivity index (χ4v) is 2.11. The van der Waals surface area contributed by atoms with Gasteiger partial charge in [0.25, 0.3) is 0 Å². The zero-order chi connectivity index (χ0) is 12.2. The van der Waals surface area contributed by atoms with E-state index in [2.05, 4.69) is 0 Å². The van der Waals surface area contributed by atoms with Crippen LogP contribution in [0.2, 0.25) is 0 Å². The van der Waals surface area contributed by atoms with Gasteiger partial charge in [-0.15, -0.1) is 0 Å². The monoisotopic (exact) mass is 221 g/mol. The molecule has 0 spiro atoms. The minimum Gasteiger partial charge on any atom is -0.467 e. The number of carbonyl (C=O) groups is 1. The second-order valence-electron chi connectivity index (χ2n) is 3.97. The molecule has 0 aromatic heterocycles. The van der Waals surface area contributed by atoms with Gasteiger partial charge in [-0.05, 0) is 26.1 Å². The molecule has 1 unspecified atom stereocenters. The van der Waals surface area contributed by atoms with Gasteiger partial charge in [0.1, 0.15) is 5.54 Å². The summed E-state index contributed by atoms with van der Waals surface area (Å²) in [4.78, 5) is 14.0. The Labute approximate surface area is 97.0 Å². The Kier molecular flexibility index (Phi) is 4.07. The fourth-order valence-electron chi connectivity index (χ4n) is 2.11. The quantitative estimate of drug-likeness (QED) is 0.729. The van der Waals surface area contributed by atoms with Crippen molar-refractivity contribution in [3.63, 3.8) is 0 Å². The molecule has 0 N–H and O–H groups in total. The third kappa shape index (κ3) is 1.95. The first-order chi connectivity index (χ1) is 7.59. The molecular weight excluding hydrogens is 202 g/mol. The molecule has 1 rings (SSSR count). The van der Waals surface area contributed by atoms with E-state index in [-0.39, 0.29) is 5.97 Å². The maximum absolute atomic E-state index is 12.0. The summed E-state index contributed by atoms with van der Waals surface area (Å²) in [5, 5.41) is 0. The van der Waals surface area contributed by atoms with Gasteiger partial charge in [-0.3, -0.25) is 4.90 Å². The van der Waals surface area contributed by atoms with Gasteiger partial charge in [-0.25, -0.2) is 4.79 Å². The average molecular weight is 221 g/mol. The molecule has 3 nitrogen and oxygen atoms in total. The van der Waals surface area contributed by atoms with Crippen LogP contribution in [0.1, 0.15) is 18.9 Å². The van der Waals surface area contributed by atoms with Crippen molar-refractivity contribution in [2.45, 2.75) is 18.9 Å². The zero-order valence-corrected chi connectivity index (χ0v) is 10.4.